The van der Waals surface area contributed by atoms with Gasteiger partial charge in [0.15, 0.2) is 0 Å². The summed E-state index contributed by atoms with van der Waals surface area (Å²) in [5.74, 6) is 0. The molecule has 0 N–H and O–H groups in total. The molecular weight excluding hydrogens is 326 g/mol. The predicted molar refractivity (Wildman–Crippen MR) is 88.9 cm³/mol. The molecule has 4 heteroatoms. The standard InChI is InChI=1S/C17H20BrN3/c18-16-5-3-4-15(12-16)13-20-8-10-21(11-9-20)14-17-6-1-2-7-19-17/h1-7,12H,8-11,13-14H2. The smallest absolute Gasteiger partial charge is 0.0543 e. The van der Waals surface area contributed by atoms with Gasteiger partial charge in [-0.15, -0.1) is 0 Å². The minimum absolute atomic E-state index is 0.964. The van der Waals surface area contributed by atoms with Crippen LogP contribution in [0.2, 0.25) is 0 Å². The van der Waals surface area contributed by atoms with Crippen LogP contribution in [0.1, 0.15) is 11.3 Å². The molecule has 1 aromatic heterocycles. The van der Waals surface area contributed by atoms with Crippen molar-refractivity contribution in [3.05, 3.63) is 64.4 Å². The topological polar surface area (TPSA) is 19.4 Å². The van der Waals surface area contributed by atoms with E-state index >= 15 is 0 Å². The Hall–Kier alpha value is -1.23. The first kappa shape index (κ1) is 14.7. The van der Waals surface area contributed by atoms with Gasteiger partial charge in [0.1, 0.15) is 0 Å². The van der Waals surface area contributed by atoms with Gasteiger partial charge in [0.2, 0.25) is 0 Å². The second-order valence-electron chi connectivity index (χ2n) is 5.50. The summed E-state index contributed by atoms with van der Waals surface area (Å²) in [6.45, 7) is 6.48. The third kappa shape index (κ3) is 4.37. The molecule has 1 aliphatic rings. The van der Waals surface area contributed by atoms with Crippen molar-refractivity contribution in [2.24, 2.45) is 0 Å². The molecule has 0 atom stereocenters. The fourth-order valence-corrected chi connectivity index (χ4v) is 3.17. The molecule has 2 heterocycles. The Morgan fingerprint density at radius 1 is 0.905 bits per heavy atom. The predicted octanol–water partition coefficient (Wildman–Crippen LogP) is 3.16. The van der Waals surface area contributed by atoms with Gasteiger partial charge in [-0.3, -0.25) is 14.8 Å². The lowest BCUT2D eigenvalue weighted by Crippen LogP contribution is -2.45. The molecule has 0 bridgehead atoms. The average Bonchev–Trinajstić information content (AvgIpc) is 2.50. The lowest BCUT2D eigenvalue weighted by molar-refractivity contribution is 0.121. The van der Waals surface area contributed by atoms with Gasteiger partial charge in [0.05, 0.1) is 5.69 Å². The van der Waals surface area contributed by atoms with Gasteiger partial charge in [0.25, 0.3) is 0 Å². The van der Waals surface area contributed by atoms with Gasteiger partial charge >= 0.3 is 0 Å². The number of piperazine rings is 1. The van der Waals surface area contributed by atoms with Crippen molar-refractivity contribution in [3.63, 3.8) is 0 Å². The van der Waals surface area contributed by atoms with Crippen molar-refractivity contribution in [1.82, 2.24) is 14.8 Å². The van der Waals surface area contributed by atoms with Crippen LogP contribution in [0.15, 0.2) is 53.1 Å². The molecule has 0 unspecified atom stereocenters. The molecule has 1 aromatic carbocycles. The van der Waals surface area contributed by atoms with Crippen LogP contribution in [0.5, 0.6) is 0 Å². The second-order valence-corrected chi connectivity index (χ2v) is 6.42. The fraction of sp³-hybridized carbons (Fsp3) is 0.353. The summed E-state index contributed by atoms with van der Waals surface area (Å²) >= 11 is 3.54. The number of halogens is 1. The third-order valence-electron chi connectivity index (χ3n) is 3.87. The Kier molecular flexibility index (Phi) is 5.01. The van der Waals surface area contributed by atoms with E-state index in [1.807, 2.05) is 12.3 Å². The van der Waals surface area contributed by atoms with Crippen LogP contribution in [0, 0.1) is 0 Å². The van der Waals surface area contributed by atoms with Crippen molar-refractivity contribution in [2.75, 3.05) is 26.2 Å². The first-order chi connectivity index (χ1) is 10.3. The van der Waals surface area contributed by atoms with E-state index in [4.69, 9.17) is 0 Å². The number of benzene rings is 1. The van der Waals surface area contributed by atoms with E-state index < -0.39 is 0 Å². The molecule has 0 amide bonds. The van der Waals surface area contributed by atoms with Crippen LogP contribution in [0.25, 0.3) is 0 Å². The molecule has 0 saturated carbocycles. The highest BCUT2D eigenvalue weighted by molar-refractivity contribution is 9.10. The van der Waals surface area contributed by atoms with E-state index in [0.29, 0.717) is 0 Å². The van der Waals surface area contributed by atoms with Crippen LogP contribution >= 0.6 is 15.9 Å². The highest BCUT2D eigenvalue weighted by Gasteiger charge is 2.17. The summed E-state index contributed by atoms with van der Waals surface area (Å²) < 4.78 is 1.16. The van der Waals surface area contributed by atoms with Gasteiger partial charge in [-0.05, 0) is 29.8 Å². The first-order valence-electron chi connectivity index (χ1n) is 7.39. The van der Waals surface area contributed by atoms with Crippen LogP contribution in [-0.4, -0.2) is 41.0 Å². The summed E-state index contributed by atoms with van der Waals surface area (Å²) in [6, 6.07) is 14.7. The van der Waals surface area contributed by atoms with Crippen molar-refractivity contribution in [2.45, 2.75) is 13.1 Å². The molecule has 0 radical (unpaired) electrons. The maximum absolute atomic E-state index is 4.41. The number of hydrogen-bond acceptors (Lipinski definition) is 3. The van der Waals surface area contributed by atoms with E-state index in [0.717, 1.165) is 49.4 Å². The van der Waals surface area contributed by atoms with Gasteiger partial charge in [-0.1, -0.05) is 34.1 Å². The molecule has 3 nitrogen and oxygen atoms in total. The van der Waals surface area contributed by atoms with Crippen LogP contribution in [0.3, 0.4) is 0 Å². The molecule has 0 spiro atoms. The number of rotatable bonds is 4. The SMILES string of the molecule is Brc1cccc(CN2CCN(Cc3ccccn3)CC2)c1. The number of hydrogen-bond donors (Lipinski definition) is 0. The molecule has 1 aliphatic heterocycles. The molecule has 1 saturated heterocycles. The third-order valence-corrected chi connectivity index (χ3v) is 4.37. The number of pyridine rings is 1. The Morgan fingerprint density at radius 3 is 2.33 bits per heavy atom. The fourth-order valence-electron chi connectivity index (χ4n) is 2.72. The maximum Gasteiger partial charge on any atom is 0.0543 e. The van der Waals surface area contributed by atoms with Crippen molar-refractivity contribution in [1.29, 1.82) is 0 Å². The highest BCUT2D eigenvalue weighted by Crippen LogP contribution is 2.15. The Balaban J connectivity index is 1.49. The summed E-state index contributed by atoms with van der Waals surface area (Å²) in [6.07, 6.45) is 1.87. The quantitative estimate of drug-likeness (QED) is 0.848. The molecule has 1 fully saturated rings. The Labute approximate surface area is 134 Å². The zero-order valence-corrected chi connectivity index (χ0v) is 13.7. The minimum Gasteiger partial charge on any atom is -0.297 e. The molecule has 2 aromatic rings. The van der Waals surface area contributed by atoms with Gasteiger partial charge in [-0.25, -0.2) is 0 Å². The summed E-state index contributed by atoms with van der Waals surface area (Å²) in [5.41, 5.74) is 2.54. The lowest BCUT2D eigenvalue weighted by atomic mass is 10.2. The average molecular weight is 346 g/mol. The van der Waals surface area contributed by atoms with E-state index in [1.165, 1.54) is 5.56 Å². The minimum atomic E-state index is 0.964. The van der Waals surface area contributed by atoms with Crippen LogP contribution in [0.4, 0.5) is 0 Å². The summed E-state index contributed by atoms with van der Waals surface area (Å²) in [5, 5.41) is 0. The number of nitrogens with zero attached hydrogens (tertiary/aromatic N) is 3. The lowest BCUT2D eigenvalue weighted by Gasteiger charge is -2.34. The van der Waals surface area contributed by atoms with Gasteiger partial charge < -0.3 is 0 Å². The molecule has 21 heavy (non-hydrogen) atoms. The zero-order valence-electron chi connectivity index (χ0n) is 12.1. The van der Waals surface area contributed by atoms with E-state index in [9.17, 15) is 0 Å². The van der Waals surface area contributed by atoms with Crippen molar-refractivity contribution in [3.8, 4) is 0 Å². The summed E-state index contributed by atoms with van der Waals surface area (Å²) in [4.78, 5) is 9.42. The first-order valence-corrected chi connectivity index (χ1v) is 8.18. The van der Waals surface area contributed by atoms with Crippen molar-refractivity contribution < 1.29 is 0 Å². The Bertz CT molecular complexity index is 565. The molecular formula is C17H20BrN3. The Morgan fingerprint density at radius 2 is 1.67 bits per heavy atom. The summed E-state index contributed by atoms with van der Waals surface area (Å²) in [7, 11) is 0. The van der Waals surface area contributed by atoms with Crippen molar-refractivity contribution >= 4 is 15.9 Å². The monoisotopic (exact) mass is 345 g/mol. The zero-order chi connectivity index (χ0) is 14.5. The molecule has 110 valence electrons. The second kappa shape index (κ2) is 7.16. The normalized spacial score (nSPS) is 17.0. The molecule has 3 rings (SSSR count). The van der Waals surface area contributed by atoms with E-state index in [-0.39, 0.29) is 0 Å². The largest absolute Gasteiger partial charge is 0.297 e. The van der Waals surface area contributed by atoms with Gasteiger partial charge in [-0.2, -0.15) is 0 Å². The van der Waals surface area contributed by atoms with E-state index in [2.05, 4.69) is 67.1 Å². The van der Waals surface area contributed by atoms with Crippen LogP contribution in [-0.2, 0) is 13.1 Å². The highest BCUT2D eigenvalue weighted by atomic mass is 79.9. The molecule has 0 aliphatic carbocycles. The van der Waals surface area contributed by atoms with Gasteiger partial charge in [0, 0.05) is 49.9 Å². The van der Waals surface area contributed by atoms with Crippen LogP contribution < -0.4 is 0 Å². The van der Waals surface area contributed by atoms with E-state index in [1.54, 1.807) is 0 Å². The number of aromatic nitrogens is 1. The maximum atomic E-state index is 4.41.